The topological polar surface area (TPSA) is 306 Å². The first-order chi connectivity index (χ1) is 25.2. The fourth-order valence-electron chi connectivity index (χ4n) is 4.81. The van der Waals surface area contributed by atoms with Crippen molar-refractivity contribution >= 4 is 109 Å². The number of aliphatic imine (C=N–C) groups is 1. The quantitative estimate of drug-likeness (QED) is 0.0726. The SMILES string of the molecule is C=C(Br)C([O-])=Nc1ccc(S(=O)(=O)O)c(N=Nc2c(S(=O)(=O)O)cc3cc(S(=O)(=O)[O-])cc(N=c4nc(Cl)nc(N(CC)c5ccccc5)[nH]4)c3c2[O-])c1. The van der Waals surface area contributed by atoms with E-state index in [0.717, 1.165) is 18.2 Å². The van der Waals surface area contributed by atoms with Crippen molar-refractivity contribution in [2.75, 3.05) is 11.4 Å². The lowest BCUT2D eigenvalue weighted by molar-refractivity contribution is -0.264. The number of benzene rings is 4. The van der Waals surface area contributed by atoms with Gasteiger partial charge in [-0.3, -0.25) is 19.1 Å². The van der Waals surface area contributed by atoms with E-state index in [0.29, 0.717) is 30.4 Å². The van der Waals surface area contributed by atoms with Crippen LogP contribution in [0.4, 0.5) is 34.4 Å². The van der Waals surface area contributed by atoms with Crippen LogP contribution in [0.2, 0.25) is 5.28 Å². The molecule has 5 rings (SSSR count). The number of anilines is 2. The minimum absolute atomic E-state index is 0.0932. The highest BCUT2D eigenvalue weighted by molar-refractivity contribution is 9.12. The van der Waals surface area contributed by atoms with Gasteiger partial charge in [-0.25, -0.2) is 13.4 Å². The summed E-state index contributed by atoms with van der Waals surface area (Å²) >= 11 is 9.04. The van der Waals surface area contributed by atoms with E-state index in [2.05, 4.69) is 57.7 Å². The Morgan fingerprint density at radius 2 is 1.61 bits per heavy atom. The summed E-state index contributed by atoms with van der Waals surface area (Å²) in [5.41, 5.74) is -2.44. The third kappa shape index (κ3) is 8.96. The van der Waals surface area contributed by atoms with E-state index < -0.39 is 84.5 Å². The number of nitrogens with zero attached hydrogens (tertiary/aromatic N) is 7. The molecule has 0 spiro atoms. The minimum Gasteiger partial charge on any atom is -0.870 e. The average molecular weight is 881 g/mol. The molecule has 0 radical (unpaired) electrons. The molecule has 0 unspecified atom stereocenters. The number of hydrogen-bond acceptors (Lipinski definition) is 16. The Balaban J connectivity index is 1.83. The normalized spacial score (nSPS) is 13.1. The monoisotopic (exact) mass is 879 g/mol. The molecule has 0 aliphatic rings. The Kier molecular flexibility index (Phi) is 11.4. The summed E-state index contributed by atoms with van der Waals surface area (Å²) in [6.45, 7) is 5.50. The van der Waals surface area contributed by atoms with Crippen molar-refractivity contribution < 1.29 is 49.1 Å². The Labute approximate surface area is 319 Å². The maximum atomic E-state index is 14.1. The summed E-state index contributed by atoms with van der Waals surface area (Å²) in [5, 5.41) is 31.9. The second-order valence-electron chi connectivity index (χ2n) is 10.6. The molecule has 3 N–H and O–H groups in total. The maximum absolute atomic E-state index is 14.1. The molecule has 0 saturated heterocycles. The number of nitrogens with one attached hydrogen (secondary N) is 1. The van der Waals surface area contributed by atoms with Gasteiger partial charge < -0.3 is 19.7 Å². The molecule has 0 amide bonds. The summed E-state index contributed by atoms with van der Waals surface area (Å²) in [6, 6.07) is 13.4. The third-order valence-corrected chi connectivity index (χ3v) is 10.2. The summed E-state index contributed by atoms with van der Waals surface area (Å²) in [5.74, 6) is -2.18. The Morgan fingerprint density at radius 3 is 2.20 bits per heavy atom. The summed E-state index contributed by atoms with van der Waals surface area (Å²) in [6.07, 6.45) is 0. The van der Waals surface area contributed by atoms with Crippen LogP contribution in [-0.2, 0) is 30.4 Å². The molecule has 19 nitrogen and oxygen atoms in total. The molecular formula is C30H21BrClN8O11S3-3. The van der Waals surface area contributed by atoms with Crippen molar-refractivity contribution in [3.05, 3.63) is 88.7 Å². The van der Waals surface area contributed by atoms with E-state index in [4.69, 9.17) is 11.6 Å². The van der Waals surface area contributed by atoms with Gasteiger partial charge in [0.1, 0.15) is 25.6 Å². The number of rotatable bonds is 11. The predicted octanol–water partition coefficient (Wildman–Crippen LogP) is 4.19. The smallest absolute Gasteiger partial charge is 0.296 e. The largest absolute Gasteiger partial charge is 0.870 e. The number of para-hydroxylation sites is 1. The van der Waals surface area contributed by atoms with Crippen molar-refractivity contribution in [1.29, 1.82) is 0 Å². The lowest BCUT2D eigenvalue weighted by Gasteiger charge is -2.21. The molecule has 0 atom stereocenters. The average Bonchev–Trinajstić information content (AvgIpc) is 3.06. The Bertz CT molecular complexity index is 2820. The fourth-order valence-corrected chi connectivity index (χ4v) is 6.85. The van der Waals surface area contributed by atoms with Crippen molar-refractivity contribution in [1.82, 2.24) is 15.0 Å². The van der Waals surface area contributed by atoms with Crippen LogP contribution in [0.15, 0.2) is 113 Å². The molecule has 1 heterocycles. The number of azo groups is 1. The first-order valence-corrected chi connectivity index (χ1v) is 20.0. The van der Waals surface area contributed by atoms with Gasteiger partial charge in [-0.1, -0.05) is 46.5 Å². The van der Waals surface area contributed by atoms with Gasteiger partial charge in [0.2, 0.25) is 16.9 Å². The zero-order valence-electron chi connectivity index (χ0n) is 26.9. The van der Waals surface area contributed by atoms with Gasteiger partial charge in [0.25, 0.3) is 20.2 Å². The van der Waals surface area contributed by atoms with Crippen LogP contribution in [0.3, 0.4) is 0 Å². The number of halogens is 2. The van der Waals surface area contributed by atoms with E-state index in [9.17, 15) is 49.1 Å². The van der Waals surface area contributed by atoms with Crippen LogP contribution in [0, 0.1) is 0 Å². The molecule has 0 saturated carbocycles. The van der Waals surface area contributed by atoms with Gasteiger partial charge in [-0.15, -0.1) is 10.2 Å². The van der Waals surface area contributed by atoms with Crippen LogP contribution < -0.4 is 20.7 Å². The van der Waals surface area contributed by atoms with Crippen LogP contribution in [0.25, 0.3) is 10.8 Å². The van der Waals surface area contributed by atoms with Gasteiger partial charge in [0.15, 0.2) is 0 Å². The Morgan fingerprint density at radius 1 is 0.944 bits per heavy atom. The van der Waals surface area contributed by atoms with Crippen molar-refractivity contribution in [3.63, 3.8) is 0 Å². The predicted molar refractivity (Wildman–Crippen MR) is 193 cm³/mol. The van der Waals surface area contributed by atoms with Crippen LogP contribution in [0.5, 0.6) is 5.75 Å². The van der Waals surface area contributed by atoms with E-state index in [-0.39, 0.29) is 27.0 Å². The molecule has 4 aromatic carbocycles. The Hall–Kier alpha value is -5.14. The first kappa shape index (κ1) is 40.1. The molecular weight excluding hydrogens is 860 g/mol. The van der Waals surface area contributed by atoms with E-state index in [1.165, 1.54) is 0 Å². The highest BCUT2D eigenvalue weighted by Gasteiger charge is 2.23. The molecule has 54 heavy (non-hydrogen) atoms. The maximum Gasteiger partial charge on any atom is 0.296 e. The standard InChI is InChI=1S/C30H24BrClN8O11S3/c1-3-40(18-7-5-4-6-8-18)30-36-28(32)35-29(37-30)34-21-14-19(52(43,44)45)11-16-12-23(54(49,50)51)25(26(41)24(16)21)39-38-20-13-17(33-27(42)15(2)31)9-10-22(20)53(46,47)48/h4-14,41H,2-3H2,1H3,(H,33,42)(H,43,44,45)(H,46,47,48)(H,49,50,51)(H,34,35,36,37)/p-3. The molecule has 24 heteroatoms. The number of fused-ring (bicyclic) bond motifs is 1. The summed E-state index contributed by atoms with van der Waals surface area (Å²) < 4.78 is 105. The zero-order chi connectivity index (χ0) is 39.7. The first-order valence-electron chi connectivity index (χ1n) is 14.6. The van der Waals surface area contributed by atoms with Crippen LogP contribution in [-0.4, -0.2) is 66.3 Å². The number of aromatic nitrogens is 3. The fraction of sp³-hybridized carbons (Fsp3) is 0.0667. The third-order valence-electron chi connectivity index (χ3n) is 7.08. The zero-order valence-corrected chi connectivity index (χ0v) is 31.7. The van der Waals surface area contributed by atoms with E-state index >= 15 is 0 Å². The second-order valence-corrected chi connectivity index (χ2v) is 16.1. The van der Waals surface area contributed by atoms with Crippen LogP contribution in [0.1, 0.15) is 6.92 Å². The highest BCUT2D eigenvalue weighted by atomic mass is 79.9. The van der Waals surface area contributed by atoms with Gasteiger partial charge in [0.05, 0.1) is 22.0 Å². The molecule has 0 aliphatic heterocycles. The molecule has 282 valence electrons. The van der Waals surface area contributed by atoms with Crippen molar-refractivity contribution in [3.8, 4) is 5.75 Å². The summed E-state index contributed by atoms with van der Waals surface area (Å²) in [4.78, 5) is 17.3. The lowest BCUT2D eigenvalue weighted by atomic mass is 10.1. The number of hydrogen-bond donors (Lipinski definition) is 3. The van der Waals surface area contributed by atoms with Crippen molar-refractivity contribution in [2.45, 2.75) is 21.6 Å². The molecule has 0 aliphatic carbocycles. The molecule has 0 fully saturated rings. The lowest BCUT2D eigenvalue weighted by Crippen LogP contribution is -2.24. The second kappa shape index (κ2) is 15.3. The van der Waals surface area contributed by atoms with Gasteiger partial charge in [-0.2, -0.15) is 26.8 Å². The molecule has 5 aromatic rings. The van der Waals surface area contributed by atoms with Gasteiger partial charge >= 0.3 is 0 Å². The number of aromatic amines is 1. The van der Waals surface area contributed by atoms with Crippen LogP contribution >= 0.6 is 27.5 Å². The van der Waals surface area contributed by atoms with Gasteiger partial charge in [0, 0.05) is 28.0 Å². The molecule has 0 bridgehead atoms. The highest BCUT2D eigenvalue weighted by Crippen LogP contribution is 2.45. The van der Waals surface area contributed by atoms with Crippen molar-refractivity contribution in [2.24, 2.45) is 20.2 Å². The van der Waals surface area contributed by atoms with Gasteiger partial charge in [-0.05, 0) is 72.4 Å². The molecule has 1 aromatic heterocycles. The van der Waals surface area contributed by atoms with E-state index in [1.54, 1.807) is 42.2 Å². The minimum atomic E-state index is -5.40. The number of H-pyrrole nitrogens is 1. The summed E-state index contributed by atoms with van der Waals surface area (Å²) in [7, 11) is -15.8. The van der Waals surface area contributed by atoms with E-state index in [1.807, 2.05) is 0 Å².